The Hall–Kier alpha value is -3.02. The van der Waals surface area contributed by atoms with Gasteiger partial charge < -0.3 is 5.32 Å². The molecule has 0 aliphatic heterocycles. The number of amides is 1. The molecule has 0 bridgehead atoms. The molecule has 0 fully saturated rings. The molecule has 140 valence electrons. The molecule has 6 nitrogen and oxygen atoms in total. The van der Waals surface area contributed by atoms with Crippen LogP contribution in [-0.2, 0) is 17.8 Å². The van der Waals surface area contributed by atoms with Crippen LogP contribution in [0, 0.1) is 5.92 Å². The normalized spacial score (nSPS) is 12.1. The van der Waals surface area contributed by atoms with Gasteiger partial charge in [0.05, 0.1) is 6.04 Å². The van der Waals surface area contributed by atoms with Crippen LogP contribution in [0.1, 0.15) is 37.9 Å². The van der Waals surface area contributed by atoms with Crippen LogP contribution in [-0.4, -0.2) is 26.1 Å². The van der Waals surface area contributed by atoms with E-state index in [2.05, 4.69) is 58.8 Å². The topological polar surface area (TPSA) is 72.7 Å². The summed E-state index contributed by atoms with van der Waals surface area (Å²) in [6, 6.07) is 17.9. The molecule has 3 aromatic rings. The molecule has 0 saturated heterocycles. The summed E-state index contributed by atoms with van der Waals surface area (Å²) >= 11 is 0. The fourth-order valence-electron chi connectivity index (χ4n) is 2.93. The van der Waals surface area contributed by atoms with Crippen LogP contribution in [0.5, 0.6) is 0 Å². The Kier molecular flexibility index (Phi) is 5.96. The van der Waals surface area contributed by atoms with Crippen molar-refractivity contribution in [3.63, 3.8) is 0 Å². The number of hydrogen-bond donors (Lipinski definition) is 1. The largest absolute Gasteiger partial charge is 0.348 e. The highest BCUT2D eigenvalue weighted by atomic mass is 16.2. The number of benzene rings is 2. The number of hydrogen-bond acceptors (Lipinski definition) is 4. The van der Waals surface area contributed by atoms with Gasteiger partial charge in [-0.2, -0.15) is 4.80 Å². The van der Waals surface area contributed by atoms with E-state index in [9.17, 15) is 4.79 Å². The molecule has 0 spiro atoms. The lowest BCUT2D eigenvalue weighted by molar-refractivity contribution is -0.122. The fraction of sp³-hybridized carbons (Fsp3) is 0.333. The van der Waals surface area contributed by atoms with Crippen LogP contribution in [0.2, 0.25) is 0 Å². The first kappa shape index (κ1) is 18.8. The average molecular weight is 363 g/mol. The van der Waals surface area contributed by atoms with Crippen molar-refractivity contribution >= 4 is 5.91 Å². The third-order valence-electron chi connectivity index (χ3n) is 4.27. The van der Waals surface area contributed by atoms with E-state index < -0.39 is 0 Å². The Morgan fingerprint density at radius 2 is 1.74 bits per heavy atom. The number of carbonyl (C=O) groups excluding carboxylic acids is 1. The number of nitrogens with zero attached hydrogens (tertiary/aromatic N) is 4. The lowest BCUT2D eigenvalue weighted by atomic mass is 10.00. The van der Waals surface area contributed by atoms with Crippen LogP contribution in [0.15, 0.2) is 54.6 Å². The Labute approximate surface area is 159 Å². The smallest absolute Gasteiger partial charge is 0.244 e. The highest BCUT2D eigenvalue weighted by molar-refractivity contribution is 5.76. The van der Waals surface area contributed by atoms with Gasteiger partial charge in [0.2, 0.25) is 11.7 Å². The molecule has 1 amide bonds. The third kappa shape index (κ3) is 5.23. The lowest BCUT2D eigenvalue weighted by Crippen LogP contribution is -2.30. The van der Waals surface area contributed by atoms with Gasteiger partial charge in [0.25, 0.3) is 0 Å². The van der Waals surface area contributed by atoms with Gasteiger partial charge in [-0.05, 0) is 35.6 Å². The second-order valence-electron chi connectivity index (χ2n) is 7.14. The lowest BCUT2D eigenvalue weighted by Gasteiger charge is -2.15. The van der Waals surface area contributed by atoms with Crippen LogP contribution in [0.25, 0.3) is 11.4 Å². The number of carbonyl (C=O) groups is 1. The minimum Gasteiger partial charge on any atom is -0.348 e. The van der Waals surface area contributed by atoms with Gasteiger partial charge in [-0.15, -0.1) is 10.2 Å². The molecule has 3 rings (SSSR count). The average Bonchev–Trinajstić information content (AvgIpc) is 3.11. The number of nitrogens with one attached hydrogen (secondary N) is 1. The minimum atomic E-state index is -0.147. The van der Waals surface area contributed by atoms with Crippen molar-refractivity contribution in [1.82, 2.24) is 25.5 Å². The Bertz CT molecular complexity index is 871. The van der Waals surface area contributed by atoms with Crippen molar-refractivity contribution in [1.29, 1.82) is 0 Å². The van der Waals surface area contributed by atoms with Crippen molar-refractivity contribution in [2.24, 2.45) is 5.92 Å². The zero-order chi connectivity index (χ0) is 19.2. The summed E-state index contributed by atoms with van der Waals surface area (Å²) < 4.78 is 0. The van der Waals surface area contributed by atoms with E-state index in [1.54, 1.807) is 0 Å². The van der Waals surface area contributed by atoms with Gasteiger partial charge >= 0.3 is 0 Å². The maximum absolute atomic E-state index is 12.3. The summed E-state index contributed by atoms with van der Waals surface area (Å²) in [6.45, 7) is 6.42. The van der Waals surface area contributed by atoms with Gasteiger partial charge in [-0.25, -0.2) is 0 Å². The fourth-order valence-corrected chi connectivity index (χ4v) is 2.93. The van der Waals surface area contributed by atoms with Crippen LogP contribution < -0.4 is 5.32 Å². The zero-order valence-corrected chi connectivity index (χ0v) is 16.0. The van der Waals surface area contributed by atoms with E-state index in [0.29, 0.717) is 11.7 Å². The molecule has 0 radical (unpaired) electrons. The Morgan fingerprint density at radius 3 is 2.41 bits per heavy atom. The molecule has 6 heteroatoms. The van der Waals surface area contributed by atoms with Crippen molar-refractivity contribution < 1.29 is 4.79 Å². The van der Waals surface area contributed by atoms with Gasteiger partial charge in [0.1, 0.15) is 6.54 Å². The van der Waals surface area contributed by atoms with E-state index in [4.69, 9.17) is 0 Å². The summed E-state index contributed by atoms with van der Waals surface area (Å²) in [7, 11) is 0. The molecule has 1 heterocycles. The first-order valence-electron chi connectivity index (χ1n) is 9.22. The van der Waals surface area contributed by atoms with Crippen LogP contribution in [0.4, 0.5) is 0 Å². The van der Waals surface area contributed by atoms with Gasteiger partial charge in [0.15, 0.2) is 0 Å². The highest BCUT2D eigenvalue weighted by Crippen LogP contribution is 2.16. The third-order valence-corrected chi connectivity index (χ3v) is 4.27. The van der Waals surface area contributed by atoms with Gasteiger partial charge in [0, 0.05) is 5.56 Å². The zero-order valence-electron chi connectivity index (χ0n) is 16.0. The molecule has 0 saturated carbocycles. The molecular weight excluding hydrogens is 338 g/mol. The maximum Gasteiger partial charge on any atom is 0.244 e. The molecule has 2 aromatic carbocycles. The van der Waals surface area contributed by atoms with Gasteiger partial charge in [-0.3, -0.25) is 4.79 Å². The molecule has 1 unspecified atom stereocenters. The Morgan fingerprint density at radius 1 is 1.04 bits per heavy atom. The predicted molar refractivity (Wildman–Crippen MR) is 105 cm³/mol. The molecule has 0 aliphatic rings. The maximum atomic E-state index is 12.3. The summed E-state index contributed by atoms with van der Waals surface area (Å²) in [5, 5.41) is 15.2. The molecule has 27 heavy (non-hydrogen) atoms. The molecular formula is C21H25N5O. The van der Waals surface area contributed by atoms with Gasteiger partial charge in [-0.1, -0.05) is 68.4 Å². The minimum absolute atomic E-state index is 0.0373. The predicted octanol–water partition coefficient (Wildman–Crippen LogP) is 3.42. The van der Waals surface area contributed by atoms with E-state index in [0.717, 1.165) is 17.5 Å². The SMILES string of the molecule is CC(C)Cc1ccc(C(C)NC(=O)Cn2nnc(-c3ccccc3)n2)cc1. The molecule has 1 atom stereocenters. The quantitative estimate of drug-likeness (QED) is 0.698. The van der Waals surface area contributed by atoms with E-state index >= 15 is 0 Å². The van der Waals surface area contributed by atoms with E-state index in [1.807, 2.05) is 37.3 Å². The van der Waals surface area contributed by atoms with Crippen molar-refractivity contribution in [2.45, 2.75) is 39.8 Å². The standard InChI is InChI=1S/C21H25N5O/c1-15(2)13-17-9-11-18(12-10-17)16(3)22-20(27)14-26-24-21(23-25-26)19-7-5-4-6-8-19/h4-12,15-16H,13-14H2,1-3H3,(H,22,27). The van der Waals surface area contributed by atoms with E-state index in [1.165, 1.54) is 10.4 Å². The van der Waals surface area contributed by atoms with Crippen LogP contribution in [0.3, 0.4) is 0 Å². The first-order chi connectivity index (χ1) is 13.0. The molecule has 1 aromatic heterocycles. The first-order valence-corrected chi connectivity index (χ1v) is 9.22. The highest BCUT2D eigenvalue weighted by Gasteiger charge is 2.13. The Balaban J connectivity index is 1.56. The monoisotopic (exact) mass is 363 g/mol. The second kappa shape index (κ2) is 8.58. The van der Waals surface area contributed by atoms with Crippen LogP contribution >= 0.6 is 0 Å². The number of rotatable bonds is 7. The summed E-state index contributed by atoms with van der Waals surface area (Å²) in [5.41, 5.74) is 3.26. The molecule has 0 aliphatic carbocycles. The summed E-state index contributed by atoms with van der Waals surface area (Å²) in [6.07, 6.45) is 1.06. The number of tetrazole rings is 1. The molecule has 1 N–H and O–H groups in total. The number of aromatic nitrogens is 4. The van der Waals surface area contributed by atoms with Crippen molar-refractivity contribution in [3.8, 4) is 11.4 Å². The van der Waals surface area contributed by atoms with Crippen molar-refractivity contribution in [2.75, 3.05) is 0 Å². The van der Waals surface area contributed by atoms with E-state index in [-0.39, 0.29) is 18.5 Å². The summed E-state index contributed by atoms with van der Waals surface area (Å²) in [4.78, 5) is 13.6. The second-order valence-corrected chi connectivity index (χ2v) is 7.14. The van der Waals surface area contributed by atoms with Crippen molar-refractivity contribution in [3.05, 3.63) is 65.7 Å². The summed E-state index contributed by atoms with van der Waals surface area (Å²) in [5.74, 6) is 0.992.